The Morgan fingerprint density at radius 3 is 2.71 bits per heavy atom. The van der Waals surface area contributed by atoms with Gasteiger partial charge in [-0.2, -0.15) is 5.26 Å². The van der Waals surface area contributed by atoms with Crippen LogP contribution in [0.25, 0.3) is 0 Å². The van der Waals surface area contributed by atoms with Crippen LogP contribution >= 0.6 is 12.4 Å². The molecule has 1 amide bonds. The highest BCUT2D eigenvalue weighted by atomic mass is 35.5. The van der Waals surface area contributed by atoms with Crippen molar-refractivity contribution >= 4 is 18.3 Å². The smallest absolute Gasteiger partial charge is 0.248 e. The Balaban J connectivity index is 0.00000220. The number of hydrogen-bond acceptors (Lipinski definition) is 3. The first kappa shape index (κ1) is 17.5. The van der Waals surface area contributed by atoms with Crippen molar-refractivity contribution in [3.8, 4) is 6.07 Å². The molecule has 1 heterocycles. The van der Waals surface area contributed by atoms with Crippen molar-refractivity contribution in [1.82, 2.24) is 4.90 Å². The summed E-state index contributed by atoms with van der Waals surface area (Å²) < 4.78 is 0. The van der Waals surface area contributed by atoms with E-state index in [2.05, 4.69) is 6.07 Å². The molecule has 1 aliphatic heterocycles. The molecule has 21 heavy (non-hydrogen) atoms. The van der Waals surface area contributed by atoms with Crippen LogP contribution in [0.1, 0.15) is 39.0 Å². The zero-order chi connectivity index (χ0) is 14.5. The van der Waals surface area contributed by atoms with Crippen LogP contribution < -0.4 is 5.73 Å². The molecule has 2 N–H and O–H groups in total. The van der Waals surface area contributed by atoms with Crippen molar-refractivity contribution in [3.63, 3.8) is 0 Å². The molecule has 1 atom stereocenters. The molecule has 4 nitrogen and oxygen atoms in total. The van der Waals surface area contributed by atoms with Crippen LogP contribution in [-0.4, -0.2) is 16.8 Å². The van der Waals surface area contributed by atoms with Crippen molar-refractivity contribution in [3.05, 3.63) is 35.7 Å². The first-order chi connectivity index (χ1) is 9.63. The van der Waals surface area contributed by atoms with E-state index in [0.717, 1.165) is 31.3 Å². The molecule has 5 heteroatoms. The van der Waals surface area contributed by atoms with E-state index in [-0.39, 0.29) is 24.2 Å². The molecule has 0 saturated heterocycles. The Labute approximate surface area is 132 Å². The minimum absolute atomic E-state index is 0. The Morgan fingerprint density at radius 2 is 2.10 bits per heavy atom. The molecule has 0 aromatic heterocycles. The number of nitrogens with zero attached hydrogens (tertiary/aromatic N) is 2. The van der Waals surface area contributed by atoms with Gasteiger partial charge in [0.2, 0.25) is 5.91 Å². The number of amides is 1. The Hall–Kier alpha value is -1.57. The van der Waals surface area contributed by atoms with Gasteiger partial charge in [-0.1, -0.05) is 25.3 Å². The highest BCUT2D eigenvalue weighted by Gasteiger charge is 2.30. The van der Waals surface area contributed by atoms with Gasteiger partial charge in [0.1, 0.15) is 11.8 Å². The average Bonchev–Trinajstić information content (AvgIpc) is 2.67. The summed E-state index contributed by atoms with van der Waals surface area (Å²) in [6.07, 6.45) is 12.5. The number of rotatable bonds is 2. The van der Waals surface area contributed by atoms with E-state index < -0.39 is 6.04 Å². The number of carbonyl (C=O) groups is 1. The fourth-order valence-electron chi connectivity index (χ4n) is 2.83. The molecule has 0 bridgehead atoms. The van der Waals surface area contributed by atoms with Gasteiger partial charge < -0.3 is 5.73 Å². The van der Waals surface area contributed by atoms with Gasteiger partial charge >= 0.3 is 0 Å². The number of halogens is 1. The van der Waals surface area contributed by atoms with Crippen LogP contribution in [0.15, 0.2) is 35.7 Å². The van der Waals surface area contributed by atoms with Gasteiger partial charge in [-0.15, -0.1) is 12.4 Å². The van der Waals surface area contributed by atoms with E-state index in [1.807, 2.05) is 13.0 Å². The minimum Gasteiger partial charge on any atom is -0.320 e. The molecule has 114 valence electrons. The van der Waals surface area contributed by atoms with E-state index in [4.69, 9.17) is 5.73 Å². The summed E-state index contributed by atoms with van der Waals surface area (Å²) >= 11 is 0. The van der Waals surface area contributed by atoms with Crippen molar-refractivity contribution in [2.45, 2.75) is 45.1 Å². The Morgan fingerprint density at radius 1 is 1.43 bits per heavy atom. The van der Waals surface area contributed by atoms with Gasteiger partial charge in [-0.3, -0.25) is 9.69 Å². The van der Waals surface area contributed by atoms with Crippen LogP contribution in [0.5, 0.6) is 0 Å². The maximum absolute atomic E-state index is 12.6. The number of nitriles is 1. The van der Waals surface area contributed by atoms with Crippen LogP contribution in [0.2, 0.25) is 0 Å². The molecular formula is C16H22ClN3O. The summed E-state index contributed by atoms with van der Waals surface area (Å²) in [4.78, 5) is 14.0. The molecule has 1 fully saturated rings. The van der Waals surface area contributed by atoms with Gasteiger partial charge in [0, 0.05) is 6.20 Å². The third-order valence-electron chi connectivity index (χ3n) is 4.01. The normalized spacial score (nSPS) is 20.5. The van der Waals surface area contributed by atoms with Crippen molar-refractivity contribution in [1.29, 1.82) is 5.26 Å². The van der Waals surface area contributed by atoms with E-state index >= 15 is 0 Å². The molecule has 0 aromatic carbocycles. The van der Waals surface area contributed by atoms with Crippen molar-refractivity contribution in [2.24, 2.45) is 11.7 Å². The van der Waals surface area contributed by atoms with Gasteiger partial charge in [0.25, 0.3) is 0 Å². The number of nitrogens with two attached hydrogens (primary N) is 1. The second kappa shape index (κ2) is 8.02. The SMILES string of the molecule is CC1=CC=CN(C(=O)[C@@H](N)C2CCCCC2)C(C#N)=C1.Cl. The van der Waals surface area contributed by atoms with E-state index in [9.17, 15) is 10.1 Å². The maximum atomic E-state index is 12.6. The van der Waals surface area contributed by atoms with Gasteiger partial charge in [-0.25, -0.2) is 0 Å². The molecule has 0 aromatic rings. The van der Waals surface area contributed by atoms with Crippen molar-refractivity contribution < 1.29 is 4.79 Å². The van der Waals surface area contributed by atoms with E-state index in [1.54, 1.807) is 18.4 Å². The molecule has 0 unspecified atom stereocenters. The highest BCUT2D eigenvalue weighted by molar-refractivity contribution is 5.86. The lowest BCUT2D eigenvalue weighted by Gasteiger charge is -2.29. The van der Waals surface area contributed by atoms with Crippen LogP contribution in [0.4, 0.5) is 0 Å². The molecule has 0 spiro atoms. The fraction of sp³-hybridized carbons (Fsp3) is 0.500. The molecule has 0 radical (unpaired) electrons. The number of allylic oxidation sites excluding steroid dienone is 5. The van der Waals surface area contributed by atoms with E-state index in [1.165, 1.54) is 11.3 Å². The second-order valence-corrected chi connectivity index (χ2v) is 5.53. The van der Waals surface area contributed by atoms with E-state index in [0.29, 0.717) is 5.70 Å². The van der Waals surface area contributed by atoms with Gasteiger partial charge in [0.15, 0.2) is 0 Å². The third-order valence-corrected chi connectivity index (χ3v) is 4.01. The summed E-state index contributed by atoms with van der Waals surface area (Å²) in [6.45, 7) is 1.90. The lowest BCUT2D eigenvalue weighted by molar-refractivity contribution is -0.129. The number of carbonyl (C=O) groups excluding carboxylic acids is 1. The lowest BCUT2D eigenvalue weighted by atomic mass is 9.83. The van der Waals surface area contributed by atoms with Crippen molar-refractivity contribution in [2.75, 3.05) is 0 Å². The third kappa shape index (κ3) is 4.20. The fourth-order valence-corrected chi connectivity index (χ4v) is 2.83. The predicted octanol–water partition coefficient (Wildman–Crippen LogP) is 3.03. The Bertz CT molecular complexity index is 510. The summed E-state index contributed by atoms with van der Waals surface area (Å²) in [5.41, 5.74) is 7.43. The standard InChI is InChI=1S/C16H21N3O.ClH/c1-12-6-5-9-19(14(10-12)11-17)16(20)15(18)13-7-3-2-4-8-13;/h5-6,9-10,13,15H,2-4,7-8,18H2,1H3;1H/t15-;/m0./s1. The monoisotopic (exact) mass is 307 g/mol. The maximum Gasteiger partial charge on any atom is 0.248 e. The lowest BCUT2D eigenvalue weighted by Crippen LogP contribution is -2.46. The largest absolute Gasteiger partial charge is 0.320 e. The Kier molecular flexibility index (Phi) is 6.67. The summed E-state index contributed by atoms with van der Waals surface area (Å²) in [7, 11) is 0. The molecule has 2 rings (SSSR count). The zero-order valence-corrected chi connectivity index (χ0v) is 13.1. The summed E-state index contributed by atoms with van der Waals surface area (Å²) in [5.74, 6) is 0.0611. The molecule has 2 aliphatic rings. The number of hydrogen-bond donors (Lipinski definition) is 1. The first-order valence-electron chi connectivity index (χ1n) is 7.19. The van der Waals surface area contributed by atoms with Crippen LogP contribution in [0, 0.1) is 17.2 Å². The van der Waals surface area contributed by atoms with Crippen LogP contribution in [0.3, 0.4) is 0 Å². The molecule has 1 saturated carbocycles. The quantitative estimate of drug-likeness (QED) is 0.852. The topological polar surface area (TPSA) is 70.1 Å². The molecular weight excluding hydrogens is 286 g/mol. The molecule has 1 aliphatic carbocycles. The zero-order valence-electron chi connectivity index (χ0n) is 12.3. The predicted molar refractivity (Wildman–Crippen MR) is 85.2 cm³/mol. The summed E-state index contributed by atoms with van der Waals surface area (Å²) in [5, 5.41) is 9.23. The van der Waals surface area contributed by atoms with Gasteiger partial charge in [-0.05, 0) is 43.4 Å². The first-order valence-corrected chi connectivity index (χ1v) is 7.19. The van der Waals surface area contributed by atoms with Crippen LogP contribution in [-0.2, 0) is 4.79 Å². The average molecular weight is 308 g/mol. The summed E-state index contributed by atoms with van der Waals surface area (Å²) in [6, 6.07) is 1.56. The second-order valence-electron chi connectivity index (χ2n) is 5.53. The highest BCUT2D eigenvalue weighted by Crippen LogP contribution is 2.27. The minimum atomic E-state index is -0.518. The van der Waals surface area contributed by atoms with Gasteiger partial charge in [0.05, 0.1) is 6.04 Å².